The van der Waals surface area contributed by atoms with Gasteiger partial charge in [-0.1, -0.05) is 60.1 Å². The maximum Gasteiger partial charge on any atom is 0.488 e. The van der Waals surface area contributed by atoms with Crippen molar-refractivity contribution in [2.45, 2.75) is 13.1 Å². The second kappa shape index (κ2) is 11.3. The molecule has 208 valence electrons. The highest BCUT2D eigenvalue weighted by Gasteiger charge is 2.30. The Morgan fingerprint density at radius 2 is 1.67 bits per heavy atom. The van der Waals surface area contributed by atoms with Crippen LogP contribution in [0.2, 0.25) is 5.02 Å². The molecule has 0 spiro atoms. The molecular weight excluding hydrogens is 553 g/mol. The van der Waals surface area contributed by atoms with Crippen LogP contribution in [0.3, 0.4) is 0 Å². The zero-order valence-electron chi connectivity index (χ0n) is 22.7. The number of ether oxygens (including phenoxy) is 1. The summed E-state index contributed by atoms with van der Waals surface area (Å²) in [6.07, 6.45) is -0.876. The number of rotatable bonds is 6. The Bertz CT molecular complexity index is 1840. The molecule has 11 heteroatoms. The van der Waals surface area contributed by atoms with E-state index in [0.717, 1.165) is 27.9 Å². The molecule has 2 heterocycles. The van der Waals surface area contributed by atoms with Gasteiger partial charge in [-0.25, -0.2) is 0 Å². The predicted octanol–water partition coefficient (Wildman–Crippen LogP) is 3.86. The Morgan fingerprint density at radius 1 is 0.929 bits per heavy atom. The normalized spacial score (nSPS) is 13.8. The van der Waals surface area contributed by atoms with Gasteiger partial charge >= 0.3 is 7.12 Å². The molecule has 0 bridgehead atoms. The number of benzene rings is 4. The van der Waals surface area contributed by atoms with Crippen molar-refractivity contribution < 1.29 is 19.6 Å². The highest BCUT2D eigenvalue weighted by Crippen LogP contribution is 2.32. The van der Waals surface area contributed by atoms with E-state index in [4.69, 9.17) is 21.3 Å². The fourth-order valence-corrected chi connectivity index (χ4v) is 5.12. The van der Waals surface area contributed by atoms with Crippen molar-refractivity contribution in [2.75, 3.05) is 7.11 Å². The van der Waals surface area contributed by atoms with E-state index < -0.39 is 13.3 Å². The van der Waals surface area contributed by atoms with Crippen LogP contribution in [0.4, 0.5) is 0 Å². The molecule has 0 saturated carbocycles. The van der Waals surface area contributed by atoms with Gasteiger partial charge in [0.25, 0.3) is 5.91 Å². The lowest BCUT2D eigenvalue weighted by atomic mass is 9.79. The number of nitrogens with one attached hydrogen (secondary N) is 1. The van der Waals surface area contributed by atoms with Gasteiger partial charge in [0.1, 0.15) is 11.6 Å². The molecule has 1 aliphatic heterocycles. The van der Waals surface area contributed by atoms with Gasteiger partial charge in [-0.05, 0) is 66.0 Å². The Morgan fingerprint density at radius 3 is 2.40 bits per heavy atom. The Hall–Kier alpha value is -4.77. The standard InChI is InChI=1S/C31H25BClN5O4/c1-18-36-37-30-29(35-31(39)22-7-3-5-20(15-22)21-6-4-8-23(16-21)32(40)41)34-28(19-9-11-24(33)12-10-19)26-17-25(42-2)13-14-27(26)38(18)30/h3-17,29,40-41H,1-2H3,(H,35,39)/t29-/m0/s1. The van der Waals surface area contributed by atoms with Crippen molar-refractivity contribution >= 4 is 35.8 Å². The molecule has 1 atom stereocenters. The Balaban J connectivity index is 1.43. The number of halogens is 1. The molecule has 9 nitrogen and oxygen atoms in total. The smallest absolute Gasteiger partial charge is 0.488 e. The van der Waals surface area contributed by atoms with Crippen molar-refractivity contribution in [1.29, 1.82) is 0 Å². The highest BCUT2D eigenvalue weighted by atomic mass is 35.5. The van der Waals surface area contributed by atoms with Gasteiger partial charge in [-0.2, -0.15) is 0 Å². The number of nitrogens with zero attached hydrogens (tertiary/aromatic N) is 4. The summed E-state index contributed by atoms with van der Waals surface area (Å²) in [5.41, 5.74) is 5.26. The largest absolute Gasteiger partial charge is 0.497 e. The van der Waals surface area contributed by atoms with Gasteiger partial charge in [0.05, 0.1) is 18.5 Å². The third-order valence-corrected chi connectivity index (χ3v) is 7.33. The van der Waals surface area contributed by atoms with Gasteiger partial charge in [0.2, 0.25) is 0 Å². The summed E-state index contributed by atoms with van der Waals surface area (Å²) in [7, 11) is 0.0102. The van der Waals surface area contributed by atoms with Crippen molar-refractivity contribution in [3.8, 4) is 22.6 Å². The zero-order chi connectivity index (χ0) is 29.4. The minimum absolute atomic E-state index is 0.357. The molecule has 1 aromatic heterocycles. The van der Waals surface area contributed by atoms with Crippen LogP contribution in [0.25, 0.3) is 16.8 Å². The maximum atomic E-state index is 13.7. The van der Waals surface area contributed by atoms with E-state index in [0.29, 0.717) is 39.2 Å². The quantitative estimate of drug-likeness (QED) is 0.264. The summed E-state index contributed by atoms with van der Waals surface area (Å²) in [6.45, 7) is 1.84. The predicted molar refractivity (Wildman–Crippen MR) is 162 cm³/mol. The molecule has 42 heavy (non-hydrogen) atoms. The van der Waals surface area contributed by atoms with Crippen molar-refractivity contribution in [1.82, 2.24) is 20.1 Å². The van der Waals surface area contributed by atoms with E-state index in [1.807, 2.05) is 54.0 Å². The van der Waals surface area contributed by atoms with Gasteiger partial charge in [0.15, 0.2) is 12.0 Å². The van der Waals surface area contributed by atoms with Gasteiger partial charge in [-0.3, -0.25) is 14.4 Å². The number of carbonyl (C=O) groups excluding carboxylic acids is 1. The molecule has 0 fully saturated rings. The first-order valence-electron chi connectivity index (χ1n) is 13.1. The number of hydrogen-bond acceptors (Lipinski definition) is 7. The molecule has 1 amide bonds. The highest BCUT2D eigenvalue weighted by molar-refractivity contribution is 6.58. The fourth-order valence-electron chi connectivity index (χ4n) is 5.00. The van der Waals surface area contributed by atoms with E-state index in [-0.39, 0.29) is 5.91 Å². The Labute approximate surface area is 247 Å². The summed E-state index contributed by atoms with van der Waals surface area (Å²) >= 11 is 6.19. The molecule has 1 aliphatic rings. The summed E-state index contributed by atoms with van der Waals surface area (Å²) in [5.74, 6) is 1.38. The minimum atomic E-state index is -1.59. The van der Waals surface area contributed by atoms with Crippen molar-refractivity contribution in [3.63, 3.8) is 0 Å². The number of fused-ring (bicyclic) bond motifs is 3. The van der Waals surface area contributed by atoms with Crippen LogP contribution in [0.5, 0.6) is 5.75 Å². The van der Waals surface area contributed by atoms with Crippen LogP contribution >= 0.6 is 11.6 Å². The molecule has 5 aromatic rings. The molecule has 0 aliphatic carbocycles. The lowest BCUT2D eigenvalue weighted by Gasteiger charge is -2.15. The Kier molecular flexibility index (Phi) is 7.34. The third kappa shape index (κ3) is 5.19. The van der Waals surface area contributed by atoms with E-state index in [1.165, 1.54) is 0 Å². The maximum absolute atomic E-state index is 13.7. The van der Waals surface area contributed by atoms with E-state index in [2.05, 4.69) is 15.5 Å². The van der Waals surface area contributed by atoms with Crippen LogP contribution < -0.4 is 15.5 Å². The summed E-state index contributed by atoms with van der Waals surface area (Å²) in [5, 5.41) is 31.5. The van der Waals surface area contributed by atoms with E-state index >= 15 is 0 Å². The summed E-state index contributed by atoms with van der Waals surface area (Å²) in [4.78, 5) is 18.7. The van der Waals surface area contributed by atoms with E-state index in [1.54, 1.807) is 55.6 Å². The van der Waals surface area contributed by atoms with Crippen LogP contribution in [0, 0.1) is 6.92 Å². The number of aryl methyl sites for hydroxylation is 1. The van der Waals surface area contributed by atoms with Gasteiger partial charge in [0, 0.05) is 21.7 Å². The lowest BCUT2D eigenvalue weighted by Crippen LogP contribution is -2.30. The SMILES string of the molecule is COc1ccc2c(c1)C(c1ccc(Cl)cc1)=N[C@@H](NC(=O)c1cccc(-c3cccc(B(O)O)c3)c1)c1nnc(C)n1-2. The second-order valence-electron chi connectivity index (χ2n) is 9.76. The monoisotopic (exact) mass is 577 g/mol. The number of aromatic nitrogens is 3. The lowest BCUT2D eigenvalue weighted by molar-refractivity contribution is 0.0936. The molecular formula is C31H25BClN5O4. The van der Waals surface area contributed by atoms with Crippen LogP contribution in [-0.4, -0.2) is 50.7 Å². The minimum Gasteiger partial charge on any atom is -0.497 e. The topological polar surface area (TPSA) is 122 Å². The number of amides is 1. The van der Waals surface area contributed by atoms with Gasteiger partial charge < -0.3 is 20.1 Å². The third-order valence-electron chi connectivity index (χ3n) is 7.08. The number of hydrogen-bond donors (Lipinski definition) is 3. The number of aliphatic imine (C=N–C) groups is 1. The van der Waals surface area contributed by atoms with Crippen molar-refractivity contribution in [2.24, 2.45) is 4.99 Å². The summed E-state index contributed by atoms with van der Waals surface area (Å²) < 4.78 is 7.41. The summed E-state index contributed by atoms with van der Waals surface area (Å²) in [6, 6.07) is 27.0. The fraction of sp³-hybridized carbons (Fsp3) is 0.0968. The van der Waals surface area contributed by atoms with Crippen LogP contribution in [0.1, 0.15) is 39.3 Å². The van der Waals surface area contributed by atoms with Gasteiger partial charge in [-0.15, -0.1) is 10.2 Å². The second-order valence-corrected chi connectivity index (χ2v) is 10.2. The molecule has 6 rings (SSSR count). The number of carbonyl (C=O) groups is 1. The molecule has 0 radical (unpaired) electrons. The number of methoxy groups -OCH3 is 1. The molecule has 0 unspecified atom stereocenters. The molecule has 0 saturated heterocycles. The van der Waals surface area contributed by atoms with Crippen LogP contribution in [0.15, 0.2) is 96.0 Å². The molecule has 3 N–H and O–H groups in total. The first kappa shape index (κ1) is 27.4. The average Bonchev–Trinajstić information content (AvgIpc) is 3.34. The first-order valence-corrected chi connectivity index (χ1v) is 13.5. The van der Waals surface area contributed by atoms with Crippen LogP contribution in [-0.2, 0) is 0 Å². The van der Waals surface area contributed by atoms with Crippen molar-refractivity contribution in [3.05, 3.63) is 124 Å². The molecule has 4 aromatic carbocycles. The average molecular weight is 578 g/mol. The first-order chi connectivity index (χ1) is 20.3. The van der Waals surface area contributed by atoms with E-state index in [9.17, 15) is 14.8 Å². The zero-order valence-corrected chi connectivity index (χ0v) is 23.4.